The van der Waals surface area contributed by atoms with Crippen molar-refractivity contribution in [2.75, 3.05) is 13.2 Å². The summed E-state index contributed by atoms with van der Waals surface area (Å²) in [5.41, 5.74) is 0.272. The summed E-state index contributed by atoms with van der Waals surface area (Å²) in [6.45, 7) is -1.57. The number of aliphatic hydroxyl groups is 6. The quantitative estimate of drug-likeness (QED) is 0.0548. The van der Waals surface area contributed by atoms with Gasteiger partial charge in [-0.1, -0.05) is 6.07 Å². The van der Waals surface area contributed by atoms with Gasteiger partial charge in [-0.25, -0.2) is 4.79 Å². The maximum absolute atomic E-state index is 12.5. The Labute approximate surface area is 230 Å². The minimum atomic E-state index is -2.03. The summed E-state index contributed by atoms with van der Waals surface area (Å²) < 4.78 is 25.8. The number of aliphatic hydroxyl groups excluding tert-OH is 6. The third-order valence-corrected chi connectivity index (χ3v) is 6.15. The molecule has 0 radical (unpaired) electrons. The fraction of sp³-hybridized carbons (Fsp3) is 0.542. The van der Waals surface area contributed by atoms with E-state index in [4.69, 9.17) is 24.1 Å². The predicted octanol–water partition coefficient (Wildman–Crippen LogP) is -3.70. The number of benzene rings is 1. The summed E-state index contributed by atoms with van der Waals surface area (Å²) in [5.74, 6) is -4.61. The first-order valence-electron chi connectivity index (χ1n) is 12.1. The second kappa shape index (κ2) is 14.0. The Hall–Kier alpha value is -3.39. The Morgan fingerprint density at radius 3 is 2.17 bits per heavy atom. The van der Waals surface area contributed by atoms with Crippen molar-refractivity contribution in [1.82, 2.24) is 0 Å². The van der Waals surface area contributed by atoms with E-state index in [0.29, 0.717) is 0 Å². The van der Waals surface area contributed by atoms with Crippen LogP contribution in [0.5, 0.6) is 11.5 Å². The number of ether oxygens (including phenoxy) is 5. The van der Waals surface area contributed by atoms with Crippen molar-refractivity contribution in [1.29, 1.82) is 0 Å². The van der Waals surface area contributed by atoms with E-state index in [1.54, 1.807) is 0 Å². The second-order valence-electron chi connectivity index (χ2n) is 9.09. The number of aromatic hydroxyl groups is 2. The van der Waals surface area contributed by atoms with Gasteiger partial charge in [0.05, 0.1) is 6.61 Å². The zero-order chi connectivity index (χ0) is 30.4. The zero-order valence-electron chi connectivity index (χ0n) is 21.1. The van der Waals surface area contributed by atoms with Crippen LogP contribution in [0, 0.1) is 0 Å². The Morgan fingerprint density at radius 2 is 1.54 bits per heavy atom. The number of rotatable bonds is 10. The van der Waals surface area contributed by atoms with Crippen LogP contribution in [-0.4, -0.2) is 138 Å². The number of carboxylic acids is 1. The Morgan fingerprint density at radius 1 is 0.878 bits per heavy atom. The molecule has 2 heterocycles. The van der Waals surface area contributed by atoms with E-state index >= 15 is 0 Å². The normalized spacial score (nSPS) is 33.8. The number of phenols is 2. The van der Waals surface area contributed by atoms with Gasteiger partial charge >= 0.3 is 17.9 Å². The molecule has 2 fully saturated rings. The van der Waals surface area contributed by atoms with Gasteiger partial charge in [0.2, 0.25) is 0 Å². The highest BCUT2D eigenvalue weighted by atomic mass is 16.7. The molecule has 9 N–H and O–H groups in total. The molecule has 0 unspecified atom stereocenters. The van der Waals surface area contributed by atoms with Crippen molar-refractivity contribution in [2.45, 2.75) is 67.8 Å². The first kappa shape index (κ1) is 32.1. The van der Waals surface area contributed by atoms with Gasteiger partial charge in [-0.3, -0.25) is 9.59 Å². The van der Waals surface area contributed by atoms with E-state index in [-0.39, 0.29) is 5.56 Å². The van der Waals surface area contributed by atoms with Gasteiger partial charge in [0.1, 0.15) is 55.8 Å². The Kier molecular flexibility index (Phi) is 11.0. The lowest BCUT2D eigenvalue weighted by atomic mass is 9.97. The molecule has 228 valence electrons. The molecule has 10 atom stereocenters. The molecule has 1 aromatic carbocycles. The molecule has 41 heavy (non-hydrogen) atoms. The monoisotopic (exact) mass is 590 g/mol. The maximum atomic E-state index is 12.5. The topological polar surface area (TPSA) is 279 Å². The standard InChI is InChI=1S/C24H30O17/c25-7-12-17(32)20(35)22(40-15(30)4-2-9-1-3-10(26)11(27)5-9)24(39-12)41-21-19(34)18(33)13(38-23(21)36)8-37-16(31)6-14(28)29/h1-5,12-13,17-27,32-36H,6-8H2,(H,28,29)/b4-2+/t12-,13-,17-,18+,19+,20+,21-,22-,23-,24+/m1/s1. The second-order valence-corrected chi connectivity index (χ2v) is 9.09. The van der Waals surface area contributed by atoms with Crippen LogP contribution < -0.4 is 0 Å². The average molecular weight is 590 g/mol. The molecule has 17 nitrogen and oxygen atoms in total. The van der Waals surface area contributed by atoms with E-state index in [1.165, 1.54) is 12.1 Å². The summed E-state index contributed by atoms with van der Waals surface area (Å²) in [4.78, 5) is 34.5. The molecule has 2 saturated heterocycles. The maximum Gasteiger partial charge on any atom is 0.331 e. The molecule has 17 heteroatoms. The van der Waals surface area contributed by atoms with Gasteiger partial charge in [-0.05, 0) is 23.8 Å². The molecule has 1 aromatic rings. The molecule has 2 aliphatic rings. The highest BCUT2D eigenvalue weighted by Crippen LogP contribution is 2.30. The van der Waals surface area contributed by atoms with Crippen LogP contribution in [0.3, 0.4) is 0 Å². The van der Waals surface area contributed by atoms with Gasteiger partial charge < -0.3 is 69.6 Å². The Balaban J connectivity index is 1.71. The van der Waals surface area contributed by atoms with Gasteiger partial charge in [-0.2, -0.15) is 0 Å². The smallest absolute Gasteiger partial charge is 0.331 e. The van der Waals surface area contributed by atoms with Crippen LogP contribution in [0.2, 0.25) is 0 Å². The fourth-order valence-electron chi connectivity index (χ4n) is 3.98. The van der Waals surface area contributed by atoms with Gasteiger partial charge in [-0.15, -0.1) is 0 Å². The summed E-state index contributed by atoms with van der Waals surface area (Å²) in [7, 11) is 0. The number of phenolic OH excluding ortho intramolecular Hbond substituents is 2. The fourth-order valence-corrected chi connectivity index (χ4v) is 3.98. The SMILES string of the molecule is O=C(O)CC(=O)OC[C@H]1O[C@@H](O)[C@H](O[C@@H]2O[C@H](CO)[C@@H](O)[C@H](O)[C@H]2OC(=O)/C=C/c2ccc(O)c(O)c2)[C@@H](O)[C@H]1O. The van der Waals surface area contributed by atoms with Gasteiger partial charge in [0, 0.05) is 6.08 Å². The minimum Gasteiger partial charge on any atom is -0.504 e. The summed E-state index contributed by atoms with van der Waals surface area (Å²) >= 11 is 0. The number of carboxylic acid groups (broad SMARTS) is 1. The average Bonchev–Trinajstić information content (AvgIpc) is 2.91. The van der Waals surface area contributed by atoms with Crippen molar-refractivity contribution < 1.29 is 84.0 Å². The van der Waals surface area contributed by atoms with Crippen molar-refractivity contribution >= 4 is 24.0 Å². The summed E-state index contributed by atoms with van der Waals surface area (Å²) in [6, 6.07) is 3.66. The van der Waals surface area contributed by atoms with Crippen molar-refractivity contribution in [3.05, 3.63) is 29.8 Å². The number of hydrogen-bond acceptors (Lipinski definition) is 16. The van der Waals surface area contributed by atoms with Crippen molar-refractivity contribution in [3.63, 3.8) is 0 Å². The largest absolute Gasteiger partial charge is 0.504 e. The van der Waals surface area contributed by atoms with Crippen LogP contribution >= 0.6 is 0 Å². The highest BCUT2D eigenvalue weighted by molar-refractivity contribution is 5.90. The number of carbonyl (C=O) groups excluding carboxylic acids is 2. The van der Waals surface area contributed by atoms with Crippen LogP contribution in [-0.2, 0) is 38.1 Å². The highest BCUT2D eigenvalue weighted by Gasteiger charge is 2.52. The lowest BCUT2D eigenvalue weighted by molar-refractivity contribution is -0.362. The molecular weight excluding hydrogens is 560 g/mol. The number of carbonyl (C=O) groups is 3. The van der Waals surface area contributed by atoms with E-state index in [2.05, 4.69) is 4.74 Å². The molecule has 0 spiro atoms. The number of aliphatic carboxylic acids is 1. The van der Waals surface area contributed by atoms with Gasteiger partial charge in [0.25, 0.3) is 0 Å². The lowest BCUT2D eigenvalue weighted by Crippen LogP contribution is -2.65. The number of esters is 2. The van der Waals surface area contributed by atoms with E-state index in [0.717, 1.165) is 18.2 Å². The first-order chi connectivity index (χ1) is 19.3. The first-order valence-corrected chi connectivity index (χ1v) is 12.1. The summed E-state index contributed by atoms with van der Waals surface area (Å²) in [5, 5.41) is 89.2. The number of hydrogen-bond donors (Lipinski definition) is 9. The molecule has 0 amide bonds. The van der Waals surface area contributed by atoms with Crippen molar-refractivity contribution in [2.24, 2.45) is 0 Å². The van der Waals surface area contributed by atoms with Crippen molar-refractivity contribution in [3.8, 4) is 11.5 Å². The Bertz CT molecular complexity index is 1110. The molecule has 3 rings (SSSR count). The lowest BCUT2D eigenvalue weighted by Gasteiger charge is -2.45. The predicted molar refractivity (Wildman–Crippen MR) is 127 cm³/mol. The van der Waals surface area contributed by atoms with Crippen LogP contribution in [0.1, 0.15) is 12.0 Å². The zero-order valence-corrected chi connectivity index (χ0v) is 21.1. The minimum absolute atomic E-state index is 0.272. The van der Waals surface area contributed by atoms with E-state index in [9.17, 15) is 55.2 Å². The van der Waals surface area contributed by atoms with E-state index in [1.807, 2.05) is 0 Å². The van der Waals surface area contributed by atoms with Crippen LogP contribution in [0.25, 0.3) is 6.08 Å². The molecule has 2 aliphatic heterocycles. The molecule has 0 bridgehead atoms. The molecule has 0 aliphatic carbocycles. The third-order valence-electron chi connectivity index (χ3n) is 6.15. The molecule has 0 saturated carbocycles. The van der Waals surface area contributed by atoms with Gasteiger partial charge in [0.15, 0.2) is 30.2 Å². The third kappa shape index (κ3) is 8.09. The molecule has 0 aromatic heterocycles. The molecular formula is C24H30O17. The van der Waals surface area contributed by atoms with E-state index < -0.39 is 110 Å². The summed E-state index contributed by atoms with van der Waals surface area (Å²) in [6.07, 6.45) is -16.9. The van der Waals surface area contributed by atoms with Crippen LogP contribution in [0.15, 0.2) is 24.3 Å². The van der Waals surface area contributed by atoms with Crippen LogP contribution in [0.4, 0.5) is 0 Å².